The van der Waals surface area contributed by atoms with Gasteiger partial charge in [-0.15, -0.1) is 0 Å². The lowest BCUT2D eigenvalue weighted by Crippen LogP contribution is -2.50. The van der Waals surface area contributed by atoms with Gasteiger partial charge in [-0.3, -0.25) is 4.98 Å². The van der Waals surface area contributed by atoms with Crippen molar-refractivity contribution in [1.82, 2.24) is 24.8 Å². The molecule has 202 valence electrons. The maximum atomic E-state index is 15.2. The zero-order valence-electron chi connectivity index (χ0n) is 22.7. The molecule has 4 aromatic rings. The first kappa shape index (κ1) is 25.4. The first-order valence-electron chi connectivity index (χ1n) is 13.6. The molecule has 0 bridgehead atoms. The van der Waals surface area contributed by atoms with Gasteiger partial charge in [0.25, 0.3) is 0 Å². The fraction of sp³-hybridized carbons (Fsp3) is 0.400. The maximum Gasteiger partial charge on any atom is 0.355 e. The summed E-state index contributed by atoms with van der Waals surface area (Å²) in [5.74, 6) is 0.371. The van der Waals surface area contributed by atoms with Gasteiger partial charge < -0.3 is 15.3 Å². The fourth-order valence-corrected chi connectivity index (χ4v) is 5.62. The molecule has 0 radical (unpaired) electrons. The maximum absolute atomic E-state index is 15.2. The standard InChI is InChI=1S/C30H33FN6O2/c1-16(2)25-27(17(3)9-10-33-25)37-29-23(28(35-30(37)39)36-12-11-32-15-18(36)4)14-21(19-5-6-19)26(34-29)22-13-20(38)7-8-24(22)31/h7-10,13-14,16,18-19,32,38H,5-6,11-12,15H2,1-4H3/t18-/m0/s1. The number of halogens is 1. The number of hydrogen-bond donors (Lipinski definition) is 2. The zero-order valence-corrected chi connectivity index (χ0v) is 22.7. The molecule has 1 aromatic carbocycles. The normalized spacial score (nSPS) is 17.8. The Hall–Kier alpha value is -3.85. The third-order valence-corrected chi connectivity index (χ3v) is 7.80. The van der Waals surface area contributed by atoms with Crippen LogP contribution in [0.2, 0.25) is 0 Å². The van der Waals surface area contributed by atoms with Gasteiger partial charge >= 0.3 is 5.69 Å². The van der Waals surface area contributed by atoms with E-state index < -0.39 is 11.5 Å². The highest BCUT2D eigenvalue weighted by Gasteiger charge is 2.32. The molecule has 4 heterocycles. The van der Waals surface area contributed by atoms with E-state index in [1.54, 1.807) is 10.8 Å². The number of aromatic hydroxyl groups is 1. The molecular formula is C30H33FN6O2. The average molecular weight is 529 g/mol. The lowest BCUT2D eigenvalue weighted by Gasteiger charge is -2.35. The van der Waals surface area contributed by atoms with E-state index in [4.69, 9.17) is 4.98 Å². The molecule has 1 saturated carbocycles. The number of pyridine rings is 2. The van der Waals surface area contributed by atoms with Crippen molar-refractivity contribution in [3.8, 4) is 22.7 Å². The van der Waals surface area contributed by atoms with Gasteiger partial charge in [0.1, 0.15) is 17.4 Å². The highest BCUT2D eigenvalue weighted by atomic mass is 19.1. The van der Waals surface area contributed by atoms with E-state index in [9.17, 15) is 9.90 Å². The summed E-state index contributed by atoms with van der Waals surface area (Å²) in [4.78, 5) is 30.5. The Morgan fingerprint density at radius 3 is 2.67 bits per heavy atom. The number of aromatic nitrogens is 4. The molecule has 39 heavy (non-hydrogen) atoms. The molecule has 9 heteroatoms. The number of anilines is 1. The summed E-state index contributed by atoms with van der Waals surface area (Å²) in [6, 6.07) is 8.04. The number of nitrogens with one attached hydrogen (secondary N) is 1. The van der Waals surface area contributed by atoms with Crippen molar-refractivity contribution >= 4 is 16.9 Å². The van der Waals surface area contributed by atoms with Gasteiger partial charge in [-0.25, -0.2) is 18.7 Å². The molecule has 2 aliphatic rings. The van der Waals surface area contributed by atoms with Crippen LogP contribution >= 0.6 is 0 Å². The topological polar surface area (TPSA) is 96.2 Å². The second-order valence-electron chi connectivity index (χ2n) is 11.1. The minimum atomic E-state index is -0.471. The van der Waals surface area contributed by atoms with E-state index in [-0.39, 0.29) is 29.2 Å². The summed E-state index contributed by atoms with van der Waals surface area (Å²) in [5.41, 5.74) is 3.84. The number of hydrogen-bond acceptors (Lipinski definition) is 7. The monoisotopic (exact) mass is 528 g/mol. The van der Waals surface area contributed by atoms with Gasteiger partial charge in [0.15, 0.2) is 5.65 Å². The van der Waals surface area contributed by atoms with Crippen LogP contribution in [0.15, 0.2) is 41.3 Å². The predicted octanol–water partition coefficient (Wildman–Crippen LogP) is 4.79. The van der Waals surface area contributed by atoms with Crippen molar-refractivity contribution in [2.24, 2.45) is 0 Å². The summed E-state index contributed by atoms with van der Waals surface area (Å²) in [5, 5.41) is 14.4. The number of nitrogens with zero attached hydrogens (tertiary/aromatic N) is 5. The van der Waals surface area contributed by atoms with Crippen LogP contribution in [0.1, 0.15) is 62.3 Å². The molecule has 2 N–H and O–H groups in total. The van der Waals surface area contributed by atoms with Crippen LogP contribution in [0.3, 0.4) is 0 Å². The molecule has 2 fully saturated rings. The van der Waals surface area contributed by atoms with Crippen molar-refractivity contribution in [3.05, 3.63) is 69.7 Å². The van der Waals surface area contributed by atoms with Gasteiger partial charge in [-0.2, -0.15) is 4.98 Å². The van der Waals surface area contributed by atoms with Gasteiger partial charge in [0.05, 0.1) is 22.5 Å². The Morgan fingerprint density at radius 1 is 1.15 bits per heavy atom. The lowest BCUT2D eigenvalue weighted by atomic mass is 9.99. The highest BCUT2D eigenvalue weighted by molar-refractivity contribution is 5.92. The van der Waals surface area contributed by atoms with Gasteiger partial charge in [-0.05, 0) is 80.0 Å². The number of fused-ring (bicyclic) bond motifs is 1. The predicted molar refractivity (Wildman–Crippen MR) is 150 cm³/mol. The SMILES string of the molecule is Cc1ccnc(C(C)C)c1-n1c(=O)nc(N2CCNC[C@@H]2C)c2cc(C3CC3)c(-c3cc(O)ccc3F)nc21. The summed E-state index contributed by atoms with van der Waals surface area (Å²) < 4.78 is 16.8. The summed E-state index contributed by atoms with van der Waals surface area (Å²) in [7, 11) is 0. The highest BCUT2D eigenvalue weighted by Crippen LogP contribution is 2.46. The number of benzene rings is 1. The van der Waals surface area contributed by atoms with E-state index in [0.29, 0.717) is 29.4 Å². The number of aryl methyl sites for hydroxylation is 1. The molecule has 1 aliphatic carbocycles. The molecular weight excluding hydrogens is 495 g/mol. The number of phenols is 1. The molecule has 0 amide bonds. The van der Waals surface area contributed by atoms with Crippen molar-refractivity contribution in [2.45, 2.75) is 58.4 Å². The first-order chi connectivity index (χ1) is 18.7. The van der Waals surface area contributed by atoms with Crippen molar-refractivity contribution < 1.29 is 9.50 Å². The molecule has 3 aromatic heterocycles. The second kappa shape index (κ2) is 9.72. The van der Waals surface area contributed by atoms with E-state index >= 15 is 4.39 Å². The first-order valence-corrected chi connectivity index (χ1v) is 13.6. The minimum Gasteiger partial charge on any atom is -0.508 e. The van der Waals surface area contributed by atoms with Crippen LogP contribution in [-0.4, -0.2) is 50.3 Å². The van der Waals surface area contributed by atoms with Gasteiger partial charge in [-0.1, -0.05) is 13.8 Å². The minimum absolute atomic E-state index is 0.0392. The van der Waals surface area contributed by atoms with Crippen LogP contribution in [0.25, 0.3) is 28.0 Å². The van der Waals surface area contributed by atoms with Crippen LogP contribution in [0, 0.1) is 12.7 Å². The van der Waals surface area contributed by atoms with E-state index in [1.807, 2.05) is 32.9 Å². The van der Waals surface area contributed by atoms with E-state index in [1.165, 1.54) is 18.2 Å². The number of piperazine rings is 1. The lowest BCUT2D eigenvalue weighted by molar-refractivity contribution is 0.473. The Balaban J connectivity index is 1.75. The number of phenolic OH excluding ortho intramolecular Hbond substituents is 1. The largest absolute Gasteiger partial charge is 0.508 e. The van der Waals surface area contributed by atoms with Gasteiger partial charge in [0.2, 0.25) is 0 Å². The molecule has 6 rings (SSSR count). The zero-order chi connectivity index (χ0) is 27.4. The second-order valence-corrected chi connectivity index (χ2v) is 11.1. The Morgan fingerprint density at radius 2 is 1.95 bits per heavy atom. The summed E-state index contributed by atoms with van der Waals surface area (Å²) in [6.07, 6.45) is 3.70. The van der Waals surface area contributed by atoms with E-state index in [2.05, 4.69) is 27.1 Å². The van der Waals surface area contributed by atoms with Gasteiger partial charge in [0, 0.05) is 37.4 Å². The molecule has 1 atom stereocenters. The summed E-state index contributed by atoms with van der Waals surface area (Å²) >= 11 is 0. The van der Waals surface area contributed by atoms with Crippen molar-refractivity contribution in [1.29, 1.82) is 0 Å². The average Bonchev–Trinajstić information content (AvgIpc) is 3.75. The van der Waals surface area contributed by atoms with Crippen LogP contribution in [-0.2, 0) is 0 Å². The molecule has 0 spiro atoms. The Kier molecular flexibility index (Phi) is 6.33. The Bertz CT molecular complexity index is 1650. The molecule has 1 saturated heterocycles. The number of rotatable bonds is 5. The van der Waals surface area contributed by atoms with Crippen LogP contribution in [0.5, 0.6) is 5.75 Å². The quantitative estimate of drug-likeness (QED) is 0.384. The van der Waals surface area contributed by atoms with Crippen LogP contribution in [0.4, 0.5) is 10.2 Å². The fourth-order valence-electron chi connectivity index (χ4n) is 5.62. The Labute approximate surface area is 226 Å². The van der Waals surface area contributed by atoms with Crippen molar-refractivity contribution in [3.63, 3.8) is 0 Å². The summed E-state index contributed by atoms with van der Waals surface area (Å²) in [6.45, 7) is 10.4. The third kappa shape index (κ3) is 4.44. The molecule has 1 aliphatic heterocycles. The van der Waals surface area contributed by atoms with Crippen molar-refractivity contribution in [2.75, 3.05) is 24.5 Å². The van der Waals surface area contributed by atoms with E-state index in [0.717, 1.165) is 48.1 Å². The third-order valence-electron chi connectivity index (χ3n) is 7.80. The molecule has 8 nitrogen and oxygen atoms in total. The molecule has 0 unspecified atom stereocenters. The smallest absolute Gasteiger partial charge is 0.355 e. The van der Waals surface area contributed by atoms with Crippen LogP contribution < -0.4 is 15.9 Å².